The molecular formula is C17H18O5. The molecule has 1 unspecified atom stereocenters. The Hall–Kier alpha value is -2.53. The van der Waals surface area contributed by atoms with E-state index in [1.807, 2.05) is 18.2 Å². The van der Waals surface area contributed by atoms with Gasteiger partial charge in [-0.2, -0.15) is 0 Å². The van der Waals surface area contributed by atoms with Crippen LogP contribution in [0.3, 0.4) is 0 Å². The van der Waals surface area contributed by atoms with Gasteiger partial charge in [-0.05, 0) is 44.2 Å². The Balaban J connectivity index is 2.32. The van der Waals surface area contributed by atoms with Crippen molar-refractivity contribution in [3.63, 3.8) is 0 Å². The van der Waals surface area contributed by atoms with E-state index in [4.69, 9.17) is 9.47 Å². The van der Waals surface area contributed by atoms with E-state index in [-0.39, 0.29) is 17.9 Å². The number of hydrogen-bond donors (Lipinski definition) is 2. The molecule has 2 aromatic carbocycles. The smallest absolute Gasteiger partial charge is 0.342 e. The molecule has 0 radical (unpaired) electrons. The molecule has 0 bridgehead atoms. The Morgan fingerprint density at radius 2 is 1.82 bits per heavy atom. The monoisotopic (exact) mass is 302 g/mol. The van der Waals surface area contributed by atoms with Gasteiger partial charge < -0.3 is 19.7 Å². The number of aromatic hydroxyl groups is 1. The van der Waals surface area contributed by atoms with Crippen molar-refractivity contribution < 1.29 is 24.5 Å². The lowest BCUT2D eigenvalue weighted by atomic mass is 9.95. The standard InChI is InChI=1S/C17H18O5/c1-3-21-16(19)17(2,20)14-11-13(9-10-15(14)18)22-12-7-5-4-6-8-12/h4-11,18,20H,3H2,1-2H3. The molecule has 0 aromatic heterocycles. The summed E-state index contributed by atoms with van der Waals surface area (Å²) in [4.78, 5) is 11.9. The Labute approximate surface area is 128 Å². The van der Waals surface area contributed by atoms with Gasteiger partial charge in [0.2, 0.25) is 0 Å². The number of phenols is 1. The minimum Gasteiger partial charge on any atom is -0.508 e. The zero-order valence-corrected chi connectivity index (χ0v) is 12.4. The second-order valence-electron chi connectivity index (χ2n) is 4.89. The van der Waals surface area contributed by atoms with Crippen LogP contribution in [0.25, 0.3) is 0 Å². The average molecular weight is 302 g/mol. The van der Waals surface area contributed by atoms with E-state index >= 15 is 0 Å². The number of para-hydroxylation sites is 1. The molecule has 2 rings (SSSR count). The number of benzene rings is 2. The predicted molar refractivity (Wildman–Crippen MR) is 80.8 cm³/mol. The van der Waals surface area contributed by atoms with Crippen LogP contribution in [-0.4, -0.2) is 22.8 Å². The zero-order chi connectivity index (χ0) is 16.2. The molecule has 0 aliphatic rings. The highest BCUT2D eigenvalue weighted by Gasteiger charge is 2.36. The molecule has 0 amide bonds. The molecule has 5 nitrogen and oxygen atoms in total. The zero-order valence-electron chi connectivity index (χ0n) is 12.4. The lowest BCUT2D eigenvalue weighted by molar-refractivity contribution is -0.164. The van der Waals surface area contributed by atoms with Crippen molar-refractivity contribution in [2.75, 3.05) is 6.61 Å². The predicted octanol–water partition coefficient (Wildman–Crippen LogP) is 2.96. The van der Waals surface area contributed by atoms with Crippen molar-refractivity contribution >= 4 is 5.97 Å². The number of esters is 1. The highest BCUT2D eigenvalue weighted by Crippen LogP contribution is 2.34. The van der Waals surface area contributed by atoms with E-state index < -0.39 is 11.6 Å². The first kappa shape index (κ1) is 15.9. The number of phenolic OH excluding ortho intramolecular Hbond substituents is 1. The van der Waals surface area contributed by atoms with Gasteiger partial charge in [0.25, 0.3) is 0 Å². The largest absolute Gasteiger partial charge is 0.508 e. The molecule has 0 fully saturated rings. The summed E-state index contributed by atoms with van der Waals surface area (Å²) in [6.45, 7) is 3.05. The van der Waals surface area contributed by atoms with Crippen molar-refractivity contribution in [1.29, 1.82) is 0 Å². The maximum atomic E-state index is 11.9. The molecule has 0 saturated carbocycles. The third-order valence-corrected chi connectivity index (χ3v) is 3.14. The van der Waals surface area contributed by atoms with Gasteiger partial charge in [0.15, 0.2) is 5.60 Å². The molecule has 0 aliphatic carbocycles. The summed E-state index contributed by atoms with van der Waals surface area (Å²) in [5.74, 6) is -0.0425. The fourth-order valence-electron chi connectivity index (χ4n) is 1.97. The normalized spacial score (nSPS) is 13.2. The summed E-state index contributed by atoms with van der Waals surface area (Å²) in [6, 6.07) is 13.4. The number of rotatable bonds is 5. The van der Waals surface area contributed by atoms with Crippen LogP contribution in [0.5, 0.6) is 17.2 Å². The topological polar surface area (TPSA) is 76.0 Å². The Kier molecular flexibility index (Phi) is 4.68. The summed E-state index contributed by atoms with van der Waals surface area (Å²) in [7, 11) is 0. The van der Waals surface area contributed by atoms with Crippen molar-refractivity contribution in [2.45, 2.75) is 19.4 Å². The molecule has 2 N–H and O–H groups in total. The number of hydrogen-bond acceptors (Lipinski definition) is 5. The molecule has 0 saturated heterocycles. The van der Waals surface area contributed by atoms with Gasteiger partial charge in [-0.3, -0.25) is 0 Å². The van der Waals surface area contributed by atoms with E-state index in [0.717, 1.165) is 0 Å². The van der Waals surface area contributed by atoms with Crippen LogP contribution in [0.1, 0.15) is 19.4 Å². The number of carbonyl (C=O) groups is 1. The van der Waals surface area contributed by atoms with Crippen molar-refractivity contribution in [3.05, 3.63) is 54.1 Å². The van der Waals surface area contributed by atoms with Gasteiger partial charge in [-0.1, -0.05) is 18.2 Å². The van der Waals surface area contributed by atoms with Crippen LogP contribution in [0.4, 0.5) is 0 Å². The second kappa shape index (κ2) is 6.49. The van der Waals surface area contributed by atoms with E-state index in [9.17, 15) is 15.0 Å². The van der Waals surface area contributed by atoms with Crippen molar-refractivity contribution in [1.82, 2.24) is 0 Å². The van der Waals surface area contributed by atoms with Crippen molar-refractivity contribution in [2.24, 2.45) is 0 Å². The summed E-state index contributed by atoms with van der Waals surface area (Å²) >= 11 is 0. The third kappa shape index (κ3) is 3.38. The summed E-state index contributed by atoms with van der Waals surface area (Å²) in [5, 5.41) is 20.3. The number of carbonyl (C=O) groups excluding carboxylic acids is 1. The lowest BCUT2D eigenvalue weighted by Crippen LogP contribution is -2.34. The first-order chi connectivity index (χ1) is 10.4. The molecule has 116 valence electrons. The van der Waals surface area contributed by atoms with Crippen LogP contribution in [-0.2, 0) is 15.1 Å². The summed E-state index contributed by atoms with van der Waals surface area (Å²) in [5.41, 5.74) is -1.93. The molecule has 1 atom stereocenters. The molecular weight excluding hydrogens is 284 g/mol. The van der Waals surface area contributed by atoms with E-state index in [1.165, 1.54) is 19.1 Å². The Bertz CT molecular complexity index is 649. The van der Waals surface area contributed by atoms with E-state index in [2.05, 4.69) is 0 Å². The second-order valence-corrected chi connectivity index (χ2v) is 4.89. The number of aliphatic hydroxyl groups is 1. The Morgan fingerprint density at radius 1 is 1.14 bits per heavy atom. The highest BCUT2D eigenvalue weighted by molar-refractivity contribution is 5.81. The Morgan fingerprint density at radius 3 is 2.45 bits per heavy atom. The van der Waals surface area contributed by atoms with Crippen LogP contribution in [0.15, 0.2) is 48.5 Å². The van der Waals surface area contributed by atoms with E-state index in [0.29, 0.717) is 11.5 Å². The molecule has 22 heavy (non-hydrogen) atoms. The fraction of sp³-hybridized carbons (Fsp3) is 0.235. The van der Waals surface area contributed by atoms with Gasteiger partial charge >= 0.3 is 5.97 Å². The molecule has 5 heteroatoms. The third-order valence-electron chi connectivity index (χ3n) is 3.14. The lowest BCUT2D eigenvalue weighted by Gasteiger charge is -2.23. The number of ether oxygens (including phenoxy) is 2. The SMILES string of the molecule is CCOC(=O)C(C)(O)c1cc(Oc2ccccc2)ccc1O. The van der Waals surface area contributed by atoms with E-state index in [1.54, 1.807) is 25.1 Å². The fourth-order valence-corrected chi connectivity index (χ4v) is 1.97. The minimum atomic E-state index is -1.96. The average Bonchev–Trinajstić information content (AvgIpc) is 2.50. The molecule has 0 spiro atoms. The van der Waals surface area contributed by atoms with Crippen LogP contribution >= 0.6 is 0 Å². The van der Waals surface area contributed by atoms with Gasteiger partial charge in [-0.15, -0.1) is 0 Å². The summed E-state index contributed by atoms with van der Waals surface area (Å²) < 4.78 is 10.5. The summed E-state index contributed by atoms with van der Waals surface area (Å²) in [6.07, 6.45) is 0. The molecule has 0 heterocycles. The van der Waals surface area contributed by atoms with Crippen molar-refractivity contribution in [3.8, 4) is 17.2 Å². The van der Waals surface area contributed by atoms with Gasteiger partial charge in [0.1, 0.15) is 17.2 Å². The first-order valence-electron chi connectivity index (χ1n) is 6.91. The molecule has 2 aromatic rings. The van der Waals surface area contributed by atoms with Crippen LogP contribution in [0, 0.1) is 0 Å². The van der Waals surface area contributed by atoms with Crippen LogP contribution < -0.4 is 4.74 Å². The van der Waals surface area contributed by atoms with Gasteiger partial charge in [-0.25, -0.2) is 4.79 Å². The molecule has 0 aliphatic heterocycles. The maximum absolute atomic E-state index is 11.9. The minimum absolute atomic E-state index is 0.0272. The maximum Gasteiger partial charge on any atom is 0.342 e. The highest BCUT2D eigenvalue weighted by atomic mass is 16.5. The first-order valence-corrected chi connectivity index (χ1v) is 6.91. The quantitative estimate of drug-likeness (QED) is 0.830. The van der Waals surface area contributed by atoms with Gasteiger partial charge in [0, 0.05) is 5.56 Å². The van der Waals surface area contributed by atoms with Crippen LogP contribution in [0.2, 0.25) is 0 Å². The van der Waals surface area contributed by atoms with Gasteiger partial charge in [0.05, 0.1) is 6.61 Å².